The summed E-state index contributed by atoms with van der Waals surface area (Å²) >= 11 is 1.84. The first-order valence-electron chi connectivity index (χ1n) is 19.8. The van der Waals surface area contributed by atoms with Crippen LogP contribution in [0.3, 0.4) is 0 Å². The van der Waals surface area contributed by atoms with E-state index in [1.807, 2.05) is 17.4 Å². The number of thiophene rings is 1. The number of rotatable bonds is 9. The average molecular weight is 776 g/mol. The van der Waals surface area contributed by atoms with Gasteiger partial charge in [0.1, 0.15) is 11.2 Å². The molecule has 0 unspecified atom stereocenters. The van der Waals surface area contributed by atoms with E-state index in [-0.39, 0.29) is 0 Å². The predicted octanol–water partition coefficient (Wildman–Crippen LogP) is 16.4. The van der Waals surface area contributed by atoms with E-state index in [1.54, 1.807) is 0 Å². The van der Waals surface area contributed by atoms with Gasteiger partial charge in [0, 0.05) is 65.7 Å². The first-order chi connectivity index (χ1) is 29.3. The van der Waals surface area contributed by atoms with Crippen molar-refractivity contribution in [3.05, 3.63) is 224 Å². The van der Waals surface area contributed by atoms with Crippen LogP contribution in [0, 0.1) is 0 Å². The second-order valence-corrected chi connectivity index (χ2v) is 15.6. The minimum Gasteiger partial charge on any atom is -0.456 e. The van der Waals surface area contributed by atoms with E-state index in [0.717, 1.165) is 73.1 Å². The third-order valence-corrected chi connectivity index (χ3v) is 12.1. The van der Waals surface area contributed by atoms with Gasteiger partial charge in [-0.2, -0.15) is 0 Å². The molecular formula is C54H37N3OS. The van der Waals surface area contributed by atoms with E-state index >= 15 is 0 Å². The fraction of sp³-hybridized carbons (Fsp3) is 0. The lowest BCUT2D eigenvalue weighted by Crippen LogP contribution is -2.15. The first kappa shape index (κ1) is 34.6. The smallest absolute Gasteiger partial charge is 0.139 e. The fourth-order valence-electron chi connectivity index (χ4n) is 8.43. The van der Waals surface area contributed by atoms with Gasteiger partial charge in [-0.25, -0.2) is 0 Å². The highest BCUT2D eigenvalue weighted by Crippen LogP contribution is 2.52. The highest BCUT2D eigenvalue weighted by molar-refractivity contribution is 7.26. The van der Waals surface area contributed by atoms with Crippen LogP contribution in [0.1, 0.15) is 0 Å². The number of benzene rings is 9. The van der Waals surface area contributed by atoms with Crippen molar-refractivity contribution >= 4 is 105 Å². The van der Waals surface area contributed by atoms with Crippen molar-refractivity contribution in [3.8, 4) is 0 Å². The van der Waals surface area contributed by atoms with Gasteiger partial charge in [-0.15, -0.1) is 11.3 Å². The molecule has 5 heteroatoms. The minimum absolute atomic E-state index is 0.815. The van der Waals surface area contributed by atoms with Crippen LogP contribution in [0.4, 0.5) is 51.2 Å². The van der Waals surface area contributed by atoms with Crippen molar-refractivity contribution in [2.24, 2.45) is 0 Å². The zero-order valence-corrected chi connectivity index (χ0v) is 32.8. The molecule has 0 aliphatic heterocycles. The van der Waals surface area contributed by atoms with Crippen LogP contribution >= 0.6 is 11.3 Å². The number of fused-ring (bicyclic) bond motifs is 6. The molecule has 11 rings (SSSR count). The normalized spacial score (nSPS) is 11.4. The Labute approximate surface area is 346 Å². The maximum absolute atomic E-state index is 6.81. The lowest BCUT2D eigenvalue weighted by atomic mass is 10.0. The van der Waals surface area contributed by atoms with E-state index in [1.165, 1.54) is 20.2 Å². The van der Waals surface area contributed by atoms with E-state index in [9.17, 15) is 0 Å². The third-order valence-electron chi connectivity index (χ3n) is 11.0. The number of hydrogen-bond donors (Lipinski definition) is 0. The summed E-state index contributed by atoms with van der Waals surface area (Å²) < 4.78 is 9.26. The van der Waals surface area contributed by atoms with Crippen molar-refractivity contribution in [3.63, 3.8) is 0 Å². The lowest BCUT2D eigenvalue weighted by Gasteiger charge is -2.32. The molecule has 0 atom stereocenters. The summed E-state index contributed by atoms with van der Waals surface area (Å²) in [5, 5.41) is 4.58. The van der Waals surface area contributed by atoms with Gasteiger partial charge in [-0.1, -0.05) is 127 Å². The predicted molar refractivity (Wildman–Crippen MR) is 251 cm³/mol. The van der Waals surface area contributed by atoms with Gasteiger partial charge in [-0.05, 0) is 91.0 Å². The van der Waals surface area contributed by atoms with Crippen LogP contribution in [-0.2, 0) is 0 Å². The molecule has 4 nitrogen and oxygen atoms in total. The first-order valence-corrected chi connectivity index (χ1v) is 20.7. The Hall–Kier alpha value is -7.60. The number of nitrogens with zero attached hydrogens (tertiary/aromatic N) is 3. The van der Waals surface area contributed by atoms with Gasteiger partial charge < -0.3 is 19.1 Å². The molecule has 0 saturated heterocycles. The molecule has 0 N–H and O–H groups in total. The van der Waals surface area contributed by atoms with Crippen LogP contribution in [-0.4, -0.2) is 0 Å². The van der Waals surface area contributed by atoms with Crippen LogP contribution in [0.25, 0.3) is 42.1 Å². The zero-order valence-electron chi connectivity index (χ0n) is 32.0. The summed E-state index contributed by atoms with van der Waals surface area (Å²) in [6.45, 7) is 0. The molecule has 280 valence electrons. The van der Waals surface area contributed by atoms with E-state index in [0.29, 0.717) is 0 Å². The van der Waals surface area contributed by atoms with Crippen molar-refractivity contribution < 1.29 is 4.42 Å². The molecule has 2 aromatic heterocycles. The maximum Gasteiger partial charge on any atom is 0.139 e. The standard InChI is InChI=1S/C54H37N3OS/c1-6-20-38(21-7-1)55(39-22-8-2-9-23-39)43-34-47(53-45-30-16-18-32-49(45)58-50(53)36-43)57(42-28-14-5-15-29-42)44-35-48(54-46-31-17-19-33-51(46)59-52(54)37-44)56(40-24-10-3-11-25-40)41-26-12-4-13-27-41/h1-37H. The second kappa shape index (κ2) is 14.7. The molecule has 0 radical (unpaired) electrons. The molecular weight excluding hydrogens is 739 g/mol. The van der Waals surface area contributed by atoms with E-state index in [4.69, 9.17) is 4.42 Å². The second-order valence-electron chi connectivity index (χ2n) is 14.6. The summed E-state index contributed by atoms with van der Waals surface area (Å²) in [6, 6.07) is 79.7. The Bertz CT molecular complexity index is 3140. The molecule has 59 heavy (non-hydrogen) atoms. The molecule has 0 amide bonds. The van der Waals surface area contributed by atoms with Crippen LogP contribution in [0.2, 0.25) is 0 Å². The Balaban J connectivity index is 1.25. The minimum atomic E-state index is 0.815. The fourth-order valence-corrected chi connectivity index (χ4v) is 9.59. The summed E-state index contributed by atoms with van der Waals surface area (Å²) in [5.41, 5.74) is 11.1. The summed E-state index contributed by atoms with van der Waals surface area (Å²) in [6.07, 6.45) is 0. The Kier molecular flexibility index (Phi) is 8.64. The summed E-state index contributed by atoms with van der Waals surface area (Å²) in [4.78, 5) is 7.13. The Morgan fingerprint density at radius 1 is 0.288 bits per heavy atom. The van der Waals surface area contributed by atoms with Crippen LogP contribution < -0.4 is 14.7 Å². The highest BCUT2D eigenvalue weighted by Gasteiger charge is 2.26. The van der Waals surface area contributed by atoms with Crippen LogP contribution in [0.15, 0.2) is 229 Å². The maximum atomic E-state index is 6.81. The van der Waals surface area contributed by atoms with Crippen molar-refractivity contribution in [2.45, 2.75) is 0 Å². The largest absolute Gasteiger partial charge is 0.456 e. The Morgan fingerprint density at radius 2 is 0.695 bits per heavy atom. The van der Waals surface area contributed by atoms with Gasteiger partial charge in [0.05, 0.1) is 22.4 Å². The van der Waals surface area contributed by atoms with E-state index in [2.05, 4.69) is 233 Å². The van der Waals surface area contributed by atoms with Crippen molar-refractivity contribution in [1.29, 1.82) is 0 Å². The van der Waals surface area contributed by atoms with Crippen molar-refractivity contribution in [2.75, 3.05) is 14.7 Å². The lowest BCUT2D eigenvalue weighted by molar-refractivity contribution is 0.669. The molecule has 0 bridgehead atoms. The van der Waals surface area contributed by atoms with Crippen LogP contribution in [0.5, 0.6) is 0 Å². The number of anilines is 9. The van der Waals surface area contributed by atoms with Gasteiger partial charge in [0.25, 0.3) is 0 Å². The molecule has 0 aliphatic carbocycles. The van der Waals surface area contributed by atoms with Gasteiger partial charge >= 0.3 is 0 Å². The van der Waals surface area contributed by atoms with Gasteiger partial charge in [0.2, 0.25) is 0 Å². The number of furan rings is 1. The van der Waals surface area contributed by atoms with Crippen molar-refractivity contribution in [1.82, 2.24) is 0 Å². The molecule has 0 saturated carbocycles. The monoisotopic (exact) mass is 775 g/mol. The van der Waals surface area contributed by atoms with Gasteiger partial charge in [0.15, 0.2) is 0 Å². The zero-order chi connectivity index (χ0) is 39.1. The molecule has 0 spiro atoms. The van der Waals surface area contributed by atoms with E-state index < -0.39 is 0 Å². The molecule has 11 aromatic rings. The number of hydrogen-bond acceptors (Lipinski definition) is 5. The third kappa shape index (κ3) is 6.16. The van der Waals surface area contributed by atoms with Gasteiger partial charge in [-0.3, -0.25) is 0 Å². The molecule has 9 aromatic carbocycles. The molecule has 2 heterocycles. The SMILES string of the molecule is c1ccc(N(c2ccccc2)c2cc(N(c3ccccc3)c3cc(N(c4ccccc4)c4ccccc4)c4c(c3)sc3ccccc34)c3c(c2)oc2ccccc23)cc1. The summed E-state index contributed by atoms with van der Waals surface area (Å²) in [5.74, 6) is 0. The quantitative estimate of drug-likeness (QED) is 0.146. The summed E-state index contributed by atoms with van der Waals surface area (Å²) in [7, 11) is 0. The average Bonchev–Trinajstić information content (AvgIpc) is 3.87. The highest BCUT2D eigenvalue weighted by atomic mass is 32.1. The topological polar surface area (TPSA) is 22.9 Å². The molecule has 0 aliphatic rings. The number of para-hydroxylation sites is 6. The Morgan fingerprint density at radius 3 is 1.24 bits per heavy atom. The molecule has 0 fully saturated rings.